The second kappa shape index (κ2) is 7.69. The zero-order chi connectivity index (χ0) is 20.5. The maximum absolute atomic E-state index is 14.4. The molecule has 0 spiro atoms. The molecule has 0 saturated carbocycles. The number of rotatable bonds is 4. The minimum absolute atomic E-state index is 0.0189. The van der Waals surface area contributed by atoms with E-state index in [1.807, 2.05) is 0 Å². The van der Waals surface area contributed by atoms with Gasteiger partial charge in [0.15, 0.2) is 11.6 Å². The number of aliphatic hydroxyl groups is 1. The number of hydrogen-bond acceptors (Lipinski definition) is 4. The Labute approximate surface area is 163 Å². The van der Waals surface area contributed by atoms with Crippen molar-refractivity contribution in [2.75, 3.05) is 11.9 Å². The normalized spacial score (nSPS) is 19.3. The van der Waals surface area contributed by atoms with Crippen LogP contribution >= 0.6 is 0 Å². The lowest BCUT2D eigenvalue weighted by Crippen LogP contribution is -2.35. The van der Waals surface area contributed by atoms with E-state index >= 15 is 0 Å². The lowest BCUT2D eigenvalue weighted by molar-refractivity contribution is -0.118. The molecule has 4 N–H and O–H groups in total. The topological polar surface area (TPSA) is 90.0 Å². The second-order valence-electron chi connectivity index (χ2n) is 6.83. The van der Waals surface area contributed by atoms with Gasteiger partial charge in [-0.25, -0.2) is 13.2 Å². The molecule has 1 aliphatic rings. The van der Waals surface area contributed by atoms with Crippen LogP contribution < -0.4 is 10.6 Å². The molecule has 2 aromatic carbocycles. The van der Waals surface area contributed by atoms with Crippen molar-refractivity contribution in [3.05, 3.63) is 59.0 Å². The van der Waals surface area contributed by atoms with Crippen molar-refractivity contribution in [3.63, 3.8) is 0 Å². The van der Waals surface area contributed by atoms with Crippen LogP contribution in [-0.2, 0) is 4.79 Å². The monoisotopic (exact) mass is 402 g/mol. The summed E-state index contributed by atoms with van der Waals surface area (Å²) in [6.45, 7) is 0.306. The molecule has 1 amide bonds. The van der Waals surface area contributed by atoms with E-state index < -0.39 is 35.5 Å². The fourth-order valence-electron chi connectivity index (χ4n) is 3.21. The summed E-state index contributed by atoms with van der Waals surface area (Å²) < 4.78 is 40.7. The van der Waals surface area contributed by atoms with Gasteiger partial charge in [-0.1, -0.05) is 12.1 Å². The average molecular weight is 402 g/mol. The Kier molecular flexibility index (Phi) is 5.08. The largest absolute Gasteiger partial charge is 0.392 e. The molecular weight excluding hydrogens is 385 g/mol. The summed E-state index contributed by atoms with van der Waals surface area (Å²) in [5.41, 5.74) is 1.27. The molecule has 0 bridgehead atoms. The number of aromatic amines is 1. The van der Waals surface area contributed by atoms with E-state index in [0.29, 0.717) is 28.7 Å². The number of aliphatic hydroxyl groups excluding tert-OH is 1. The number of amides is 1. The van der Waals surface area contributed by atoms with E-state index in [2.05, 4.69) is 20.8 Å². The van der Waals surface area contributed by atoms with E-state index in [1.54, 1.807) is 12.2 Å². The van der Waals surface area contributed by atoms with Gasteiger partial charge in [0.2, 0.25) is 5.91 Å². The Morgan fingerprint density at radius 2 is 1.97 bits per heavy atom. The molecule has 0 radical (unpaired) electrons. The number of carbonyl (C=O) groups is 1. The Bertz CT molecular complexity index is 1110. The first-order valence-corrected chi connectivity index (χ1v) is 8.94. The standard InChI is InChI=1S/C20H17F3N4O2/c21-13-3-1-10(5-14(13)22)2-4-16-12-7-18(15(23)8-17(12)27-26-16)25-20(29)19-6-11(28)9-24-19/h1-5,7-8,11,19,24,28H,6,9H2,(H,25,29)(H,26,27)/t11-,19+/m1/s1. The summed E-state index contributed by atoms with van der Waals surface area (Å²) in [5, 5.41) is 22.2. The molecular formula is C20H17F3N4O2. The van der Waals surface area contributed by atoms with Gasteiger partial charge in [-0.15, -0.1) is 0 Å². The number of nitrogens with zero attached hydrogens (tertiary/aromatic N) is 1. The Balaban J connectivity index is 1.59. The zero-order valence-corrected chi connectivity index (χ0v) is 15.0. The molecule has 9 heteroatoms. The van der Waals surface area contributed by atoms with Crippen LogP contribution in [0.15, 0.2) is 30.3 Å². The predicted octanol–water partition coefficient (Wildman–Crippen LogP) is 2.81. The highest BCUT2D eigenvalue weighted by molar-refractivity contribution is 5.98. The summed E-state index contributed by atoms with van der Waals surface area (Å²) in [4.78, 5) is 12.3. The predicted molar refractivity (Wildman–Crippen MR) is 102 cm³/mol. The van der Waals surface area contributed by atoms with Gasteiger partial charge in [-0.3, -0.25) is 9.89 Å². The summed E-state index contributed by atoms with van der Waals surface area (Å²) in [6.07, 6.45) is 2.76. The van der Waals surface area contributed by atoms with Crippen molar-refractivity contribution in [1.82, 2.24) is 15.5 Å². The third-order valence-electron chi connectivity index (χ3n) is 4.74. The van der Waals surface area contributed by atoms with Gasteiger partial charge >= 0.3 is 0 Å². The van der Waals surface area contributed by atoms with E-state index in [0.717, 1.165) is 12.1 Å². The lowest BCUT2D eigenvalue weighted by Gasteiger charge is -2.12. The van der Waals surface area contributed by atoms with Gasteiger partial charge < -0.3 is 15.7 Å². The van der Waals surface area contributed by atoms with Crippen molar-refractivity contribution < 1.29 is 23.1 Å². The van der Waals surface area contributed by atoms with Crippen LogP contribution in [0.1, 0.15) is 17.7 Å². The Morgan fingerprint density at radius 3 is 2.69 bits per heavy atom. The molecule has 2 atom stereocenters. The van der Waals surface area contributed by atoms with Crippen LogP contribution in [0.3, 0.4) is 0 Å². The molecule has 1 fully saturated rings. The molecule has 1 saturated heterocycles. The van der Waals surface area contributed by atoms with Gasteiger partial charge in [-0.05, 0) is 36.3 Å². The number of β-amino-alcohol motifs (C(OH)–C–C–N with tert-alkyl or cyclic N) is 1. The van der Waals surface area contributed by atoms with E-state index in [9.17, 15) is 23.1 Å². The van der Waals surface area contributed by atoms with Gasteiger partial charge in [0.1, 0.15) is 5.82 Å². The molecule has 6 nitrogen and oxygen atoms in total. The van der Waals surface area contributed by atoms with Crippen LogP contribution in [0.2, 0.25) is 0 Å². The summed E-state index contributed by atoms with van der Waals surface area (Å²) >= 11 is 0. The van der Waals surface area contributed by atoms with Crippen molar-refractivity contribution >= 4 is 34.6 Å². The molecule has 0 unspecified atom stereocenters. The second-order valence-corrected chi connectivity index (χ2v) is 6.83. The molecule has 1 aromatic heterocycles. The highest BCUT2D eigenvalue weighted by atomic mass is 19.2. The lowest BCUT2D eigenvalue weighted by atomic mass is 10.1. The number of nitrogens with one attached hydrogen (secondary N) is 3. The van der Waals surface area contributed by atoms with Gasteiger partial charge in [0.05, 0.1) is 29.0 Å². The average Bonchev–Trinajstić information content (AvgIpc) is 3.29. The zero-order valence-electron chi connectivity index (χ0n) is 15.0. The summed E-state index contributed by atoms with van der Waals surface area (Å²) in [5.74, 6) is -2.98. The molecule has 2 heterocycles. The molecule has 150 valence electrons. The van der Waals surface area contributed by atoms with Crippen LogP contribution in [0.4, 0.5) is 18.9 Å². The molecule has 29 heavy (non-hydrogen) atoms. The Hall–Kier alpha value is -3.17. The number of H-pyrrole nitrogens is 1. The van der Waals surface area contributed by atoms with Crippen molar-refractivity contribution in [1.29, 1.82) is 0 Å². The first-order chi connectivity index (χ1) is 13.9. The summed E-state index contributed by atoms with van der Waals surface area (Å²) in [7, 11) is 0. The first kappa shape index (κ1) is 19.2. The number of benzene rings is 2. The third kappa shape index (κ3) is 4.01. The van der Waals surface area contributed by atoms with Crippen LogP contribution in [0.25, 0.3) is 23.1 Å². The van der Waals surface area contributed by atoms with Gasteiger partial charge in [-0.2, -0.15) is 5.10 Å². The van der Waals surface area contributed by atoms with Crippen molar-refractivity contribution in [2.24, 2.45) is 0 Å². The highest BCUT2D eigenvalue weighted by Crippen LogP contribution is 2.26. The highest BCUT2D eigenvalue weighted by Gasteiger charge is 2.28. The number of fused-ring (bicyclic) bond motifs is 1. The number of hydrogen-bond donors (Lipinski definition) is 4. The first-order valence-electron chi connectivity index (χ1n) is 8.94. The fraction of sp³-hybridized carbons (Fsp3) is 0.200. The van der Waals surface area contributed by atoms with Gasteiger partial charge in [0, 0.05) is 18.0 Å². The molecule has 1 aliphatic heterocycles. The van der Waals surface area contributed by atoms with E-state index in [4.69, 9.17) is 0 Å². The third-order valence-corrected chi connectivity index (χ3v) is 4.74. The smallest absolute Gasteiger partial charge is 0.241 e. The van der Waals surface area contributed by atoms with E-state index in [-0.39, 0.29) is 12.1 Å². The summed E-state index contributed by atoms with van der Waals surface area (Å²) in [6, 6.07) is 5.55. The maximum Gasteiger partial charge on any atom is 0.241 e. The number of anilines is 1. The number of aromatic nitrogens is 2. The fourth-order valence-corrected chi connectivity index (χ4v) is 3.21. The quantitative estimate of drug-likeness (QED) is 0.540. The van der Waals surface area contributed by atoms with Crippen molar-refractivity contribution in [3.8, 4) is 0 Å². The molecule has 4 rings (SSSR count). The van der Waals surface area contributed by atoms with E-state index in [1.165, 1.54) is 18.2 Å². The van der Waals surface area contributed by atoms with Crippen molar-refractivity contribution in [2.45, 2.75) is 18.6 Å². The minimum Gasteiger partial charge on any atom is -0.392 e. The SMILES string of the molecule is O=C(Nc1cc2c(C=Cc3ccc(F)c(F)c3)n[nH]c2cc1F)[C@@H]1C[C@@H](O)CN1. The Morgan fingerprint density at radius 1 is 1.14 bits per heavy atom. The van der Waals surface area contributed by atoms with Crippen LogP contribution in [0.5, 0.6) is 0 Å². The molecule has 0 aliphatic carbocycles. The number of halogens is 3. The molecule has 3 aromatic rings. The van der Waals surface area contributed by atoms with Gasteiger partial charge in [0.25, 0.3) is 0 Å². The minimum atomic E-state index is -0.961. The van der Waals surface area contributed by atoms with Crippen LogP contribution in [-0.4, -0.2) is 39.9 Å². The number of carbonyl (C=O) groups excluding carboxylic acids is 1. The maximum atomic E-state index is 14.4. The van der Waals surface area contributed by atoms with Crippen LogP contribution in [0, 0.1) is 17.5 Å².